The van der Waals surface area contributed by atoms with E-state index >= 15 is 0 Å². The van der Waals surface area contributed by atoms with Gasteiger partial charge in [0.05, 0.1) is 12.2 Å². The van der Waals surface area contributed by atoms with Gasteiger partial charge in [-0.05, 0) is 65.4 Å². The number of aromatic carboxylic acids is 1. The molecule has 6 aromatic carbocycles. The third-order valence-corrected chi connectivity index (χ3v) is 8.13. The minimum Gasteiger partial charge on any atom is -0.487 e. The Morgan fingerprint density at radius 2 is 0.727 bits per heavy atom. The number of carbonyl (C=O) groups is 1. The highest BCUT2D eigenvalue weighted by atomic mass is 16.6. The van der Waals surface area contributed by atoms with E-state index in [0.717, 1.165) is 10.8 Å². The van der Waals surface area contributed by atoms with Crippen LogP contribution in [0.2, 0.25) is 0 Å². The van der Waals surface area contributed by atoms with Crippen LogP contribution in [-0.4, -0.2) is 69.0 Å². The van der Waals surface area contributed by atoms with Gasteiger partial charge in [-0.15, -0.1) is 0 Å². The minimum atomic E-state index is -1.01. The summed E-state index contributed by atoms with van der Waals surface area (Å²) in [4.78, 5) is 11.7. The summed E-state index contributed by atoms with van der Waals surface area (Å²) in [5.74, 6) is 3.38. The summed E-state index contributed by atoms with van der Waals surface area (Å²) in [6, 6.07) is 40.4. The first-order chi connectivity index (χ1) is 27.1. The first kappa shape index (κ1) is 38.1. The third kappa shape index (κ3) is 11.0. The number of hydrogen-bond donors (Lipinski definition) is 2. The van der Waals surface area contributed by atoms with Gasteiger partial charge >= 0.3 is 5.97 Å². The smallest absolute Gasteiger partial charge is 0.336 e. The van der Waals surface area contributed by atoms with Crippen LogP contribution >= 0.6 is 0 Å². The molecule has 0 aliphatic heterocycles. The van der Waals surface area contributed by atoms with Crippen LogP contribution in [0.4, 0.5) is 0 Å². The van der Waals surface area contributed by atoms with Crippen molar-refractivity contribution in [3.05, 3.63) is 145 Å². The molecule has 6 rings (SSSR count). The van der Waals surface area contributed by atoms with Crippen LogP contribution in [0, 0.1) is 0 Å². The lowest BCUT2D eigenvalue weighted by atomic mass is 10.1. The lowest BCUT2D eigenvalue weighted by Gasteiger charge is -2.16. The topological polar surface area (TPSA) is 131 Å². The number of para-hydroxylation sites is 6. The first-order valence-electron chi connectivity index (χ1n) is 17.8. The van der Waals surface area contributed by atoms with E-state index in [2.05, 4.69) is 0 Å². The number of rotatable bonds is 22. The molecule has 0 aliphatic carbocycles. The van der Waals surface area contributed by atoms with Crippen molar-refractivity contribution in [2.75, 3.05) is 52.9 Å². The molecular formula is C44H42O11. The van der Waals surface area contributed by atoms with Gasteiger partial charge in [0.25, 0.3) is 0 Å². The molecule has 11 nitrogen and oxygen atoms in total. The first-order valence-corrected chi connectivity index (χ1v) is 17.8. The number of aliphatic hydroxyl groups excluding tert-OH is 1. The molecule has 0 saturated carbocycles. The number of carboxylic acids is 1. The van der Waals surface area contributed by atoms with Crippen LogP contribution in [0.25, 0.3) is 10.8 Å². The number of ether oxygens (including phenoxy) is 8. The molecule has 0 spiro atoms. The Hall–Kier alpha value is -6.59. The largest absolute Gasteiger partial charge is 0.487 e. The molecule has 0 amide bonds. The average molecular weight is 747 g/mol. The molecule has 6 aromatic rings. The Labute approximate surface area is 319 Å². The maximum atomic E-state index is 11.7. The molecule has 0 aliphatic rings. The summed E-state index contributed by atoms with van der Waals surface area (Å²) < 4.78 is 47.6. The van der Waals surface area contributed by atoms with Gasteiger partial charge in [-0.25, -0.2) is 4.79 Å². The molecular weight excluding hydrogens is 704 g/mol. The summed E-state index contributed by atoms with van der Waals surface area (Å²) in [6.45, 7) is 1.65. The van der Waals surface area contributed by atoms with Crippen LogP contribution < -0.4 is 37.9 Å². The Morgan fingerprint density at radius 3 is 1.13 bits per heavy atom. The van der Waals surface area contributed by atoms with E-state index in [0.29, 0.717) is 51.6 Å². The number of benzene rings is 6. The zero-order valence-electron chi connectivity index (χ0n) is 30.1. The van der Waals surface area contributed by atoms with Gasteiger partial charge in [0.2, 0.25) is 0 Å². The highest BCUT2D eigenvalue weighted by Crippen LogP contribution is 2.34. The fourth-order valence-corrected chi connectivity index (χ4v) is 5.57. The molecule has 0 atom stereocenters. The molecule has 0 aromatic heterocycles. The van der Waals surface area contributed by atoms with Crippen molar-refractivity contribution >= 4 is 16.7 Å². The molecule has 0 heterocycles. The van der Waals surface area contributed by atoms with Gasteiger partial charge in [-0.3, -0.25) is 0 Å². The van der Waals surface area contributed by atoms with Crippen molar-refractivity contribution in [3.63, 3.8) is 0 Å². The summed E-state index contributed by atoms with van der Waals surface area (Å²) in [5.41, 5.74) is 0.746. The summed E-state index contributed by atoms with van der Waals surface area (Å²) in [6.07, 6.45) is 0. The average Bonchev–Trinajstić information content (AvgIpc) is 3.22. The van der Waals surface area contributed by atoms with E-state index in [1.54, 1.807) is 36.4 Å². The van der Waals surface area contributed by atoms with Crippen molar-refractivity contribution in [2.45, 2.75) is 6.61 Å². The van der Waals surface area contributed by atoms with Gasteiger partial charge in [0.15, 0.2) is 46.0 Å². The van der Waals surface area contributed by atoms with Crippen LogP contribution in [0.3, 0.4) is 0 Å². The summed E-state index contributed by atoms with van der Waals surface area (Å²) >= 11 is 0. The zero-order chi connectivity index (χ0) is 38.1. The second-order valence-electron chi connectivity index (χ2n) is 11.9. The van der Waals surface area contributed by atoms with Gasteiger partial charge in [-0.1, -0.05) is 78.9 Å². The van der Waals surface area contributed by atoms with Crippen molar-refractivity contribution in [3.8, 4) is 46.0 Å². The predicted octanol–water partition coefficient (Wildman–Crippen LogP) is 7.86. The minimum absolute atomic E-state index is 0.0641. The lowest BCUT2D eigenvalue weighted by molar-refractivity contribution is 0.0694. The van der Waals surface area contributed by atoms with E-state index in [4.69, 9.17) is 43.0 Å². The molecule has 0 bridgehead atoms. The third-order valence-electron chi connectivity index (χ3n) is 8.13. The van der Waals surface area contributed by atoms with E-state index < -0.39 is 5.97 Å². The normalized spacial score (nSPS) is 10.7. The number of fused-ring (bicyclic) bond motifs is 1. The fraction of sp³-hybridized carbons (Fsp3) is 0.205. The van der Waals surface area contributed by atoms with E-state index in [1.807, 2.05) is 97.1 Å². The maximum absolute atomic E-state index is 11.7. The SMILES string of the molecule is O=C(O)c1ccccc1COc1cc2ccccc2cc1OCCOc1ccccc1OCCOc1ccccc1OCCOc1ccccc1OCCO. The van der Waals surface area contributed by atoms with Crippen molar-refractivity contribution < 1.29 is 52.9 Å². The van der Waals surface area contributed by atoms with Crippen LogP contribution in [0.5, 0.6) is 46.0 Å². The van der Waals surface area contributed by atoms with E-state index in [-0.39, 0.29) is 65.0 Å². The fourth-order valence-electron chi connectivity index (χ4n) is 5.57. The van der Waals surface area contributed by atoms with Gasteiger partial charge in [-0.2, -0.15) is 0 Å². The molecule has 0 unspecified atom stereocenters. The Bertz CT molecular complexity index is 2130. The molecule has 0 saturated heterocycles. The van der Waals surface area contributed by atoms with Gasteiger partial charge < -0.3 is 48.1 Å². The molecule has 0 radical (unpaired) electrons. The monoisotopic (exact) mass is 746 g/mol. The van der Waals surface area contributed by atoms with Gasteiger partial charge in [0, 0.05) is 5.56 Å². The van der Waals surface area contributed by atoms with Crippen molar-refractivity contribution in [1.82, 2.24) is 0 Å². The highest BCUT2D eigenvalue weighted by molar-refractivity contribution is 5.89. The molecule has 284 valence electrons. The Morgan fingerprint density at radius 1 is 0.400 bits per heavy atom. The van der Waals surface area contributed by atoms with Gasteiger partial charge in [0.1, 0.15) is 52.9 Å². The highest BCUT2D eigenvalue weighted by Gasteiger charge is 2.14. The molecule has 2 N–H and O–H groups in total. The second-order valence-corrected chi connectivity index (χ2v) is 11.9. The Kier molecular flexibility index (Phi) is 13.9. The molecule has 11 heteroatoms. The summed E-state index contributed by atoms with van der Waals surface area (Å²) in [7, 11) is 0. The quantitative estimate of drug-likeness (QED) is 0.0659. The molecule has 0 fully saturated rings. The van der Waals surface area contributed by atoms with Crippen LogP contribution in [0.15, 0.2) is 133 Å². The van der Waals surface area contributed by atoms with Crippen LogP contribution in [0.1, 0.15) is 15.9 Å². The van der Waals surface area contributed by atoms with Crippen LogP contribution in [-0.2, 0) is 6.61 Å². The Balaban J connectivity index is 0.975. The predicted molar refractivity (Wildman–Crippen MR) is 207 cm³/mol. The lowest BCUT2D eigenvalue weighted by Crippen LogP contribution is -2.13. The standard InChI is InChI=1S/C44H42O11/c45-21-22-48-36-15-5-6-16-37(36)49-23-24-50-38-17-7-8-18-39(38)51-25-26-52-40-19-9-10-20-41(40)53-27-28-54-42-29-32-11-1-2-12-33(32)30-43(42)55-31-34-13-3-4-14-35(34)44(46)47/h1-20,29-30,45H,21-28,31H2,(H,46,47). The number of hydrogen-bond acceptors (Lipinski definition) is 10. The van der Waals surface area contributed by atoms with Crippen molar-refractivity contribution in [2.24, 2.45) is 0 Å². The van der Waals surface area contributed by atoms with E-state index in [1.165, 1.54) is 0 Å². The zero-order valence-corrected chi connectivity index (χ0v) is 30.1. The number of aliphatic hydroxyl groups is 1. The molecule has 55 heavy (non-hydrogen) atoms. The number of carboxylic acid groups (broad SMARTS) is 1. The second kappa shape index (κ2) is 20.0. The van der Waals surface area contributed by atoms with Crippen molar-refractivity contribution in [1.29, 1.82) is 0 Å². The van der Waals surface area contributed by atoms with E-state index in [9.17, 15) is 9.90 Å². The maximum Gasteiger partial charge on any atom is 0.336 e. The summed E-state index contributed by atoms with van der Waals surface area (Å²) in [5, 5.41) is 20.6.